The van der Waals surface area contributed by atoms with Crippen molar-refractivity contribution >= 4 is 17.3 Å². The lowest BCUT2D eigenvalue weighted by Crippen LogP contribution is -2.22. The third-order valence-electron chi connectivity index (χ3n) is 2.57. The van der Waals surface area contributed by atoms with E-state index >= 15 is 0 Å². The van der Waals surface area contributed by atoms with Crippen molar-refractivity contribution in [3.63, 3.8) is 0 Å². The van der Waals surface area contributed by atoms with Gasteiger partial charge in [0.1, 0.15) is 11.3 Å². The van der Waals surface area contributed by atoms with E-state index in [0.29, 0.717) is 17.1 Å². The molecule has 0 spiro atoms. The van der Waals surface area contributed by atoms with Crippen molar-refractivity contribution in [1.29, 1.82) is 0 Å². The maximum atomic E-state index is 12.0. The molecule has 0 unspecified atom stereocenters. The number of nitrogen functional groups attached to an aromatic ring is 1. The average molecular weight is 259 g/mol. The largest absolute Gasteiger partial charge is 0.497 e. The fourth-order valence-corrected chi connectivity index (χ4v) is 1.56. The van der Waals surface area contributed by atoms with Crippen LogP contribution in [-0.4, -0.2) is 18.0 Å². The van der Waals surface area contributed by atoms with Crippen LogP contribution in [0.3, 0.4) is 0 Å². The number of anilines is 2. The maximum absolute atomic E-state index is 12.0. The van der Waals surface area contributed by atoms with Crippen molar-refractivity contribution in [3.8, 4) is 5.75 Å². The summed E-state index contributed by atoms with van der Waals surface area (Å²) in [5.74, 6) is 0.0354. The summed E-state index contributed by atoms with van der Waals surface area (Å²) < 4.78 is 5.05. The van der Waals surface area contributed by atoms with Gasteiger partial charge in [0.25, 0.3) is 11.5 Å². The van der Waals surface area contributed by atoms with Gasteiger partial charge >= 0.3 is 0 Å². The monoisotopic (exact) mass is 259 g/mol. The fourth-order valence-electron chi connectivity index (χ4n) is 1.56. The Bertz CT molecular complexity index is 664. The highest BCUT2D eigenvalue weighted by atomic mass is 16.5. The van der Waals surface area contributed by atoms with Gasteiger partial charge in [-0.05, 0) is 24.3 Å². The second kappa shape index (κ2) is 5.26. The van der Waals surface area contributed by atoms with Crippen LogP contribution in [0.5, 0.6) is 5.75 Å². The second-order valence-electron chi connectivity index (χ2n) is 3.82. The molecule has 0 atom stereocenters. The van der Waals surface area contributed by atoms with Crippen LogP contribution in [0.2, 0.25) is 0 Å². The molecule has 6 nitrogen and oxygen atoms in total. The summed E-state index contributed by atoms with van der Waals surface area (Å²) in [4.78, 5) is 25.9. The molecule has 0 bridgehead atoms. The van der Waals surface area contributed by atoms with Crippen molar-refractivity contribution in [2.75, 3.05) is 18.2 Å². The Hall–Kier alpha value is -2.76. The van der Waals surface area contributed by atoms with Crippen LogP contribution in [0, 0.1) is 0 Å². The number of rotatable bonds is 3. The predicted molar refractivity (Wildman–Crippen MR) is 72.4 cm³/mol. The van der Waals surface area contributed by atoms with E-state index in [4.69, 9.17) is 10.5 Å². The molecular weight excluding hydrogens is 246 g/mol. The topological polar surface area (TPSA) is 97.2 Å². The number of H-pyrrole nitrogens is 1. The standard InChI is InChI=1S/C13H13N3O3/c1-19-8-4-5-10(14)11(7-8)16-13(18)9-3-2-6-15-12(9)17/h2-7H,14H2,1H3,(H,15,17)(H,16,18). The molecule has 1 aromatic carbocycles. The van der Waals surface area contributed by atoms with Gasteiger partial charge in [-0.2, -0.15) is 0 Å². The Balaban J connectivity index is 2.29. The molecule has 1 heterocycles. The molecule has 0 fully saturated rings. The predicted octanol–water partition coefficient (Wildman–Crippen LogP) is 1.22. The first-order valence-electron chi connectivity index (χ1n) is 5.54. The zero-order valence-corrected chi connectivity index (χ0v) is 10.3. The van der Waals surface area contributed by atoms with Gasteiger partial charge in [0.05, 0.1) is 18.5 Å². The van der Waals surface area contributed by atoms with Crippen molar-refractivity contribution in [2.45, 2.75) is 0 Å². The molecule has 1 amide bonds. The highest BCUT2D eigenvalue weighted by Gasteiger charge is 2.11. The summed E-state index contributed by atoms with van der Waals surface area (Å²) in [5.41, 5.74) is 6.10. The number of carbonyl (C=O) groups excluding carboxylic acids is 1. The molecule has 0 aliphatic heterocycles. The molecule has 6 heteroatoms. The number of benzene rings is 1. The van der Waals surface area contributed by atoms with Gasteiger partial charge in [-0.1, -0.05) is 0 Å². The summed E-state index contributed by atoms with van der Waals surface area (Å²) in [5, 5.41) is 2.58. The third-order valence-corrected chi connectivity index (χ3v) is 2.57. The first-order chi connectivity index (χ1) is 9.11. The van der Waals surface area contributed by atoms with E-state index in [1.165, 1.54) is 19.4 Å². The normalized spacial score (nSPS) is 9.95. The molecule has 0 aliphatic rings. The van der Waals surface area contributed by atoms with E-state index in [9.17, 15) is 9.59 Å². The Morgan fingerprint density at radius 3 is 2.84 bits per heavy atom. The fraction of sp³-hybridized carbons (Fsp3) is 0.0769. The van der Waals surface area contributed by atoms with Gasteiger partial charge in [0.2, 0.25) is 0 Å². The lowest BCUT2D eigenvalue weighted by molar-refractivity contribution is 0.102. The SMILES string of the molecule is COc1ccc(N)c(NC(=O)c2ccc[nH]c2=O)c1. The molecule has 0 radical (unpaired) electrons. The van der Waals surface area contributed by atoms with E-state index in [0.717, 1.165) is 0 Å². The molecule has 2 aromatic rings. The Morgan fingerprint density at radius 2 is 2.16 bits per heavy atom. The molecule has 0 saturated carbocycles. The molecule has 0 saturated heterocycles. The van der Waals surface area contributed by atoms with Gasteiger partial charge in [-0.3, -0.25) is 9.59 Å². The van der Waals surface area contributed by atoms with Crippen molar-refractivity contribution in [2.24, 2.45) is 0 Å². The maximum Gasteiger partial charge on any atom is 0.261 e. The van der Waals surface area contributed by atoms with Gasteiger partial charge in [0.15, 0.2) is 0 Å². The summed E-state index contributed by atoms with van der Waals surface area (Å²) in [7, 11) is 1.51. The number of pyridine rings is 1. The lowest BCUT2D eigenvalue weighted by Gasteiger charge is -2.09. The highest BCUT2D eigenvalue weighted by Crippen LogP contribution is 2.24. The van der Waals surface area contributed by atoms with E-state index in [1.807, 2.05) is 0 Å². The summed E-state index contributed by atoms with van der Waals surface area (Å²) >= 11 is 0. The van der Waals surface area contributed by atoms with Crippen molar-refractivity contribution in [1.82, 2.24) is 4.98 Å². The minimum Gasteiger partial charge on any atom is -0.497 e. The molecule has 0 aliphatic carbocycles. The van der Waals surface area contributed by atoms with Crippen LogP contribution in [-0.2, 0) is 0 Å². The number of aromatic nitrogens is 1. The number of hydrogen-bond donors (Lipinski definition) is 3. The minimum absolute atomic E-state index is 0.0183. The van der Waals surface area contributed by atoms with E-state index in [1.54, 1.807) is 24.3 Å². The molecule has 19 heavy (non-hydrogen) atoms. The lowest BCUT2D eigenvalue weighted by atomic mass is 10.2. The summed E-state index contributed by atoms with van der Waals surface area (Å²) in [6, 6.07) is 7.89. The first-order valence-corrected chi connectivity index (χ1v) is 5.54. The third kappa shape index (κ3) is 2.74. The quantitative estimate of drug-likeness (QED) is 0.722. The van der Waals surface area contributed by atoms with Crippen molar-refractivity contribution < 1.29 is 9.53 Å². The van der Waals surface area contributed by atoms with Crippen LogP contribution >= 0.6 is 0 Å². The van der Waals surface area contributed by atoms with E-state index in [2.05, 4.69) is 10.3 Å². The molecule has 1 aromatic heterocycles. The first kappa shape index (κ1) is 12.7. The van der Waals surface area contributed by atoms with Crippen LogP contribution < -0.4 is 21.3 Å². The minimum atomic E-state index is -0.526. The summed E-state index contributed by atoms with van der Waals surface area (Å²) in [6.07, 6.45) is 1.46. The Labute approximate surface area is 109 Å². The smallest absolute Gasteiger partial charge is 0.261 e. The number of hydrogen-bond acceptors (Lipinski definition) is 4. The number of aromatic amines is 1. The molecular formula is C13H13N3O3. The number of nitrogens with two attached hydrogens (primary N) is 1. The average Bonchev–Trinajstić information content (AvgIpc) is 2.41. The van der Waals surface area contributed by atoms with Crippen LogP contribution in [0.1, 0.15) is 10.4 Å². The number of methoxy groups -OCH3 is 1. The van der Waals surface area contributed by atoms with Gasteiger partial charge in [0, 0.05) is 12.3 Å². The Kier molecular flexibility index (Phi) is 3.51. The zero-order valence-electron chi connectivity index (χ0n) is 10.3. The number of ether oxygens (including phenoxy) is 1. The van der Waals surface area contributed by atoms with Gasteiger partial charge in [-0.25, -0.2) is 0 Å². The van der Waals surface area contributed by atoms with E-state index in [-0.39, 0.29) is 5.56 Å². The van der Waals surface area contributed by atoms with Crippen LogP contribution in [0.4, 0.5) is 11.4 Å². The van der Waals surface area contributed by atoms with Gasteiger partial charge < -0.3 is 20.8 Å². The zero-order chi connectivity index (χ0) is 13.8. The number of nitrogens with one attached hydrogen (secondary N) is 2. The van der Waals surface area contributed by atoms with Crippen LogP contribution in [0.15, 0.2) is 41.3 Å². The second-order valence-corrected chi connectivity index (χ2v) is 3.82. The van der Waals surface area contributed by atoms with Crippen molar-refractivity contribution in [3.05, 3.63) is 52.4 Å². The van der Waals surface area contributed by atoms with Crippen LogP contribution in [0.25, 0.3) is 0 Å². The molecule has 98 valence electrons. The molecule has 2 rings (SSSR count). The number of carbonyl (C=O) groups is 1. The highest BCUT2D eigenvalue weighted by molar-refractivity contribution is 6.05. The summed E-state index contributed by atoms with van der Waals surface area (Å²) in [6.45, 7) is 0. The molecule has 4 N–H and O–H groups in total. The number of amides is 1. The Morgan fingerprint density at radius 1 is 1.37 bits per heavy atom. The van der Waals surface area contributed by atoms with Gasteiger partial charge in [-0.15, -0.1) is 0 Å². The van der Waals surface area contributed by atoms with E-state index < -0.39 is 11.5 Å².